The molecule has 0 unspecified atom stereocenters. The second-order valence-electron chi connectivity index (χ2n) is 8.99. The molecule has 0 spiro atoms. The third kappa shape index (κ3) is 3.91. The number of rotatable bonds is 5. The van der Waals surface area contributed by atoms with Gasteiger partial charge in [-0.25, -0.2) is 14.8 Å². The van der Waals surface area contributed by atoms with Gasteiger partial charge in [0.25, 0.3) is 5.56 Å². The zero-order valence-electron chi connectivity index (χ0n) is 20.7. The molecular weight excluding hydrogens is 458 g/mol. The van der Waals surface area contributed by atoms with Crippen molar-refractivity contribution in [3.8, 4) is 17.6 Å². The Balaban J connectivity index is 1.74. The van der Waals surface area contributed by atoms with E-state index in [4.69, 9.17) is 10.5 Å². The van der Waals surface area contributed by atoms with E-state index < -0.39 is 11.2 Å². The smallest absolute Gasteiger partial charge is 0.331 e. The first-order chi connectivity index (χ1) is 17.4. The van der Waals surface area contributed by atoms with Crippen molar-refractivity contribution >= 4 is 27.8 Å². The lowest BCUT2D eigenvalue weighted by molar-refractivity contribution is 0.411. The summed E-state index contributed by atoms with van der Waals surface area (Å²) < 4.78 is 10.3. The highest BCUT2D eigenvalue weighted by Gasteiger charge is 2.30. The summed E-state index contributed by atoms with van der Waals surface area (Å²) in [5.41, 5.74) is 6.92. The van der Waals surface area contributed by atoms with Crippen molar-refractivity contribution in [2.75, 3.05) is 25.1 Å². The Bertz CT molecular complexity index is 1640. The Labute approximate surface area is 207 Å². The Morgan fingerprint density at radius 2 is 2.00 bits per heavy atom. The topological polar surface area (TPSA) is 113 Å². The predicted octanol–water partition coefficient (Wildman–Crippen LogP) is 1.45. The fraction of sp³-hybridized carbons (Fsp3) is 0.385. The minimum Gasteiger partial charge on any atom is -0.491 e. The predicted molar refractivity (Wildman–Crippen MR) is 140 cm³/mol. The number of nitrogens with two attached hydrogens (primary N) is 1. The number of para-hydroxylation sites is 1. The molecule has 1 fully saturated rings. The summed E-state index contributed by atoms with van der Waals surface area (Å²) in [4.78, 5) is 38.4. The molecule has 10 nitrogen and oxygen atoms in total. The van der Waals surface area contributed by atoms with Gasteiger partial charge in [-0.1, -0.05) is 24.1 Å². The van der Waals surface area contributed by atoms with Crippen LogP contribution in [-0.4, -0.2) is 49.9 Å². The number of ether oxygens (including phenoxy) is 1. The molecule has 36 heavy (non-hydrogen) atoms. The van der Waals surface area contributed by atoms with Crippen LogP contribution < -0.4 is 26.6 Å². The van der Waals surface area contributed by atoms with Gasteiger partial charge in [0.1, 0.15) is 16.9 Å². The number of aryl methyl sites for hydroxylation is 1. The van der Waals surface area contributed by atoms with Crippen LogP contribution in [0.3, 0.4) is 0 Å². The first-order valence-electron chi connectivity index (χ1n) is 11.9. The van der Waals surface area contributed by atoms with Crippen LogP contribution in [0.1, 0.15) is 25.6 Å². The van der Waals surface area contributed by atoms with Crippen molar-refractivity contribution in [2.24, 2.45) is 12.8 Å². The van der Waals surface area contributed by atoms with Crippen LogP contribution >= 0.6 is 0 Å². The van der Waals surface area contributed by atoms with Gasteiger partial charge < -0.3 is 19.9 Å². The number of hydrogen-bond acceptors (Lipinski definition) is 7. The summed E-state index contributed by atoms with van der Waals surface area (Å²) >= 11 is 0. The van der Waals surface area contributed by atoms with E-state index in [1.54, 1.807) is 27.3 Å². The summed E-state index contributed by atoms with van der Waals surface area (Å²) in [6.45, 7) is 3.37. The Morgan fingerprint density at radius 3 is 2.75 bits per heavy atom. The van der Waals surface area contributed by atoms with Gasteiger partial charge >= 0.3 is 5.69 Å². The van der Waals surface area contributed by atoms with Gasteiger partial charge in [0, 0.05) is 37.8 Å². The van der Waals surface area contributed by atoms with Crippen LogP contribution in [0.5, 0.6) is 5.75 Å². The number of benzene rings is 1. The van der Waals surface area contributed by atoms with Crippen molar-refractivity contribution in [3.05, 3.63) is 57.1 Å². The molecule has 1 aliphatic heterocycles. The van der Waals surface area contributed by atoms with Gasteiger partial charge in [-0.05, 0) is 25.8 Å². The maximum atomic E-state index is 13.9. The molecule has 10 heteroatoms. The zero-order chi connectivity index (χ0) is 25.4. The number of hydrogen-bond donors (Lipinski definition) is 1. The first-order valence-corrected chi connectivity index (χ1v) is 11.9. The van der Waals surface area contributed by atoms with E-state index in [1.165, 1.54) is 9.13 Å². The molecule has 4 aromatic rings. The highest BCUT2D eigenvalue weighted by molar-refractivity contribution is 5.90. The number of aromatic nitrogens is 5. The second-order valence-corrected chi connectivity index (χ2v) is 8.99. The fourth-order valence-corrected chi connectivity index (χ4v) is 4.97. The summed E-state index contributed by atoms with van der Waals surface area (Å²) in [7, 11) is 3.20. The SMILES string of the molecule is CC#CCn1c(N2CCC[C@@H](N)C2)c(OC)c2c1c(=O)n(Cc1ncc3ccccc3n1)c(=O)n2C. The zero-order valence-corrected chi connectivity index (χ0v) is 20.7. The standard InChI is InChI=1S/C26H29N7O3/c1-4-5-13-32-22-21(23(36-3)24(32)31-12-8-10-18(27)15-31)30(2)26(35)33(25(22)34)16-20-28-14-17-9-6-7-11-19(17)29-20/h6-7,9,11,14,18H,8,10,12-13,15-16,27H2,1-3H3/t18-/m1/s1. The largest absolute Gasteiger partial charge is 0.491 e. The number of anilines is 1. The van der Waals surface area contributed by atoms with E-state index in [2.05, 4.69) is 26.7 Å². The van der Waals surface area contributed by atoms with Gasteiger partial charge in [-0.15, -0.1) is 5.92 Å². The summed E-state index contributed by atoms with van der Waals surface area (Å²) in [6, 6.07) is 7.60. The number of piperidine rings is 1. The van der Waals surface area contributed by atoms with Crippen molar-refractivity contribution in [1.82, 2.24) is 23.7 Å². The van der Waals surface area contributed by atoms with Crippen LogP contribution in [0, 0.1) is 11.8 Å². The highest BCUT2D eigenvalue weighted by atomic mass is 16.5. The van der Waals surface area contributed by atoms with Crippen LogP contribution in [0.25, 0.3) is 21.9 Å². The Morgan fingerprint density at radius 1 is 1.19 bits per heavy atom. The van der Waals surface area contributed by atoms with E-state index in [-0.39, 0.29) is 19.1 Å². The lowest BCUT2D eigenvalue weighted by atomic mass is 10.1. The van der Waals surface area contributed by atoms with E-state index >= 15 is 0 Å². The molecule has 0 saturated carbocycles. The van der Waals surface area contributed by atoms with E-state index in [0.717, 1.165) is 36.1 Å². The molecule has 1 saturated heterocycles. The van der Waals surface area contributed by atoms with Gasteiger partial charge in [0.15, 0.2) is 11.6 Å². The quantitative estimate of drug-likeness (QED) is 0.424. The van der Waals surface area contributed by atoms with Crippen molar-refractivity contribution in [2.45, 2.75) is 38.9 Å². The molecular formula is C26H29N7O3. The number of methoxy groups -OCH3 is 1. The van der Waals surface area contributed by atoms with Gasteiger partial charge in [-0.3, -0.25) is 13.9 Å². The monoisotopic (exact) mass is 487 g/mol. The van der Waals surface area contributed by atoms with Gasteiger partial charge in [0.2, 0.25) is 0 Å². The molecule has 0 amide bonds. The molecule has 1 aromatic carbocycles. The van der Waals surface area contributed by atoms with Crippen LogP contribution in [-0.2, 0) is 20.1 Å². The fourth-order valence-electron chi connectivity index (χ4n) is 4.97. The van der Waals surface area contributed by atoms with Crippen LogP contribution in [0.2, 0.25) is 0 Å². The normalized spacial score (nSPS) is 15.8. The number of fused-ring (bicyclic) bond motifs is 2. The maximum Gasteiger partial charge on any atom is 0.331 e. The Hall–Kier alpha value is -4.10. The maximum absolute atomic E-state index is 13.9. The molecule has 2 N–H and O–H groups in total. The lowest BCUT2D eigenvalue weighted by Crippen LogP contribution is -2.44. The Kier molecular flexibility index (Phi) is 6.24. The highest BCUT2D eigenvalue weighted by Crippen LogP contribution is 2.38. The average molecular weight is 488 g/mol. The minimum atomic E-state index is -0.469. The molecule has 0 aliphatic carbocycles. The minimum absolute atomic E-state index is 0.0118. The van der Waals surface area contributed by atoms with E-state index in [9.17, 15) is 9.59 Å². The van der Waals surface area contributed by atoms with Crippen LogP contribution in [0.15, 0.2) is 40.1 Å². The van der Waals surface area contributed by atoms with Crippen molar-refractivity contribution in [1.29, 1.82) is 0 Å². The lowest BCUT2D eigenvalue weighted by Gasteiger charge is -2.33. The first kappa shape index (κ1) is 23.6. The molecule has 3 aromatic heterocycles. The third-order valence-electron chi connectivity index (χ3n) is 6.68. The van der Waals surface area contributed by atoms with Gasteiger partial charge in [-0.2, -0.15) is 0 Å². The molecule has 4 heterocycles. The molecule has 1 atom stereocenters. The molecule has 186 valence electrons. The van der Waals surface area contributed by atoms with Gasteiger partial charge in [0.05, 0.1) is 25.7 Å². The molecule has 1 aliphatic rings. The summed E-state index contributed by atoms with van der Waals surface area (Å²) in [6.07, 6.45) is 3.56. The summed E-state index contributed by atoms with van der Waals surface area (Å²) in [5.74, 6) is 7.56. The average Bonchev–Trinajstić information content (AvgIpc) is 3.23. The molecule has 5 rings (SSSR count). The van der Waals surface area contributed by atoms with Crippen molar-refractivity contribution < 1.29 is 4.74 Å². The van der Waals surface area contributed by atoms with Crippen molar-refractivity contribution in [3.63, 3.8) is 0 Å². The third-order valence-corrected chi connectivity index (χ3v) is 6.68. The second kappa shape index (κ2) is 9.51. The molecule has 0 bridgehead atoms. The van der Waals surface area contributed by atoms with E-state index in [1.807, 2.05) is 28.8 Å². The van der Waals surface area contributed by atoms with E-state index in [0.29, 0.717) is 29.2 Å². The molecule has 0 radical (unpaired) electrons. The summed E-state index contributed by atoms with van der Waals surface area (Å²) in [5, 5.41) is 0.887. The van der Waals surface area contributed by atoms with Crippen LogP contribution in [0.4, 0.5) is 5.82 Å². The number of nitrogens with zero attached hydrogens (tertiary/aromatic N) is 6.